The van der Waals surface area contributed by atoms with E-state index in [1.807, 2.05) is 6.92 Å². The van der Waals surface area contributed by atoms with E-state index < -0.39 is 0 Å². The molecule has 2 amide bonds. The molecule has 0 spiro atoms. The van der Waals surface area contributed by atoms with E-state index in [9.17, 15) is 9.59 Å². The molecule has 22 heavy (non-hydrogen) atoms. The molecule has 1 heterocycles. The van der Waals surface area contributed by atoms with Crippen molar-refractivity contribution in [3.05, 3.63) is 60.1 Å². The van der Waals surface area contributed by atoms with Crippen molar-refractivity contribution in [3.8, 4) is 0 Å². The van der Waals surface area contributed by atoms with Crippen LogP contribution in [-0.4, -0.2) is 18.4 Å². The summed E-state index contributed by atoms with van der Waals surface area (Å²) >= 11 is 0. The highest BCUT2D eigenvalue weighted by Gasteiger charge is 2.11. The predicted molar refractivity (Wildman–Crippen MR) is 85.4 cm³/mol. The summed E-state index contributed by atoms with van der Waals surface area (Å²) in [5.41, 5.74) is 0.917. The molecule has 0 saturated carbocycles. The number of rotatable bonds is 6. The van der Waals surface area contributed by atoms with E-state index in [-0.39, 0.29) is 11.8 Å². The number of anilines is 1. The van der Waals surface area contributed by atoms with Crippen LogP contribution in [0.4, 0.5) is 5.69 Å². The van der Waals surface area contributed by atoms with Gasteiger partial charge in [0, 0.05) is 12.6 Å². The number of para-hydroxylation sites is 1. The first-order valence-electron chi connectivity index (χ1n) is 7.10. The monoisotopic (exact) mass is 298 g/mol. The van der Waals surface area contributed by atoms with Crippen molar-refractivity contribution in [2.75, 3.05) is 11.9 Å². The smallest absolute Gasteiger partial charge is 0.253 e. The third kappa shape index (κ3) is 4.34. The number of carbonyl (C=O) groups is 2. The van der Waals surface area contributed by atoms with Gasteiger partial charge in [0.2, 0.25) is 5.91 Å². The summed E-state index contributed by atoms with van der Waals surface area (Å²) < 4.78 is 5.11. The van der Waals surface area contributed by atoms with E-state index in [0.29, 0.717) is 23.6 Å². The molecule has 0 aliphatic rings. The van der Waals surface area contributed by atoms with Gasteiger partial charge in [0.25, 0.3) is 5.91 Å². The topological polar surface area (TPSA) is 71.3 Å². The fourth-order valence-corrected chi connectivity index (χ4v) is 1.84. The lowest BCUT2D eigenvalue weighted by Gasteiger charge is -2.09. The van der Waals surface area contributed by atoms with Gasteiger partial charge in [0.1, 0.15) is 5.76 Å². The number of carbonyl (C=O) groups excluding carboxylic acids is 2. The van der Waals surface area contributed by atoms with E-state index in [0.717, 1.165) is 6.42 Å². The Kier molecular flexibility index (Phi) is 5.54. The Balaban J connectivity index is 2.06. The van der Waals surface area contributed by atoms with Gasteiger partial charge in [0.15, 0.2) is 0 Å². The zero-order chi connectivity index (χ0) is 15.8. The second-order valence-electron chi connectivity index (χ2n) is 4.64. The van der Waals surface area contributed by atoms with Gasteiger partial charge in [-0.2, -0.15) is 0 Å². The number of furan rings is 1. The van der Waals surface area contributed by atoms with E-state index in [4.69, 9.17) is 4.42 Å². The fourth-order valence-electron chi connectivity index (χ4n) is 1.84. The highest BCUT2D eigenvalue weighted by atomic mass is 16.3. The van der Waals surface area contributed by atoms with Gasteiger partial charge in [-0.05, 0) is 36.8 Å². The molecule has 2 rings (SSSR count). The van der Waals surface area contributed by atoms with Crippen LogP contribution in [0.1, 0.15) is 29.5 Å². The van der Waals surface area contributed by atoms with Gasteiger partial charge in [-0.3, -0.25) is 9.59 Å². The molecular weight excluding hydrogens is 280 g/mol. The van der Waals surface area contributed by atoms with Crippen LogP contribution in [0.25, 0.3) is 6.08 Å². The SMILES string of the molecule is CCCNC(=O)c1ccccc1NC(=O)/C=C/c1ccco1. The van der Waals surface area contributed by atoms with Crippen molar-refractivity contribution < 1.29 is 14.0 Å². The summed E-state index contributed by atoms with van der Waals surface area (Å²) in [6.07, 6.45) is 5.31. The van der Waals surface area contributed by atoms with Gasteiger partial charge < -0.3 is 15.1 Å². The molecule has 114 valence electrons. The molecule has 0 aliphatic heterocycles. The molecule has 0 bridgehead atoms. The summed E-state index contributed by atoms with van der Waals surface area (Å²) in [6, 6.07) is 10.4. The van der Waals surface area contributed by atoms with Crippen LogP contribution >= 0.6 is 0 Å². The van der Waals surface area contributed by atoms with E-state index in [1.54, 1.807) is 42.5 Å². The minimum atomic E-state index is -0.327. The maximum absolute atomic E-state index is 12.1. The zero-order valence-corrected chi connectivity index (χ0v) is 12.3. The summed E-state index contributed by atoms with van der Waals surface area (Å²) in [6.45, 7) is 2.58. The van der Waals surface area contributed by atoms with Crippen molar-refractivity contribution in [1.82, 2.24) is 5.32 Å². The minimum Gasteiger partial charge on any atom is -0.465 e. The van der Waals surface area contributed by atoms with Gasteiger partial charge >= 0.3 is 0 Å². The molecule has 0 saturated heterocycles. The summed E-state index contributed by atoms with van der Waals surface area (Å²) in [5, 5.41) is 5.50. The Labute approximate surface area is 129 Å². The van der Waals surface area contributed by atoms with Gasteiger partial charge in [-0.25, -0.2) is 0 Å². The van der Waals surface area contributed by atoms with Crippen LogP contribution in [0.15, 0.2) is 53.2 Å². The molecule has 0 radical (unpaired) electrons. The maximum Gasteiger partial charge on any atom is 0.253 e. The largest absolute Gasteiger partial charge is 0.465 e. The zero-order valence-electron chi connectivity index (χ0n) is 12.3. The molecular formula is C17H18N2O3. The molecule has 0 unspecified atom stereocenters. The first-order valence-corrected chi connectivity index (χ1v) is 7.10. The molecule has 2 aromatic rings. The molecule has 2 N–H and O–H groups in total. The summed E-state index contributed by atoms with van der Waals surface area (Å²) in [4.78, 5) is 24.0. The van der Waals surface area contributed by atoms with Gasteiger partial charge in [0.05, 0.1) is 17.5 Å². The van der Waals surface area contributed by atoms with Crippen LogP contribution < -0.4 is 10.6 Å². The lowest BCUT2D eigenvalue weighted by Crippen LogP contribution is -2.25. The number of benzene rings is 1. The van der Waals surface area contributed by atoms with Crippen LogP contribution in [0.3, 0.4) is 0 Å². The highest BCUT2D eigenvalue weighted by Crippen LogP contribution is 2.15. The Morgan fingerprint density at radius 3 is 2.73 bits per heavy atom. The van der Waals surface area contributed by atoms with Crippen molar-refractivity contribution in [1.29, 1.82) is 0 Å². The lowest BCUT2D eigenvalue weighted by molar-refractivity contribution is -0.111. The summed E-state index contributed by atoms with van der Waals surface area (Å²) in [7, 11) is 0. The van der Waals surface area contributed by atoms with Crippen molar-refractivity contribution >= 4 is 23.6 Å². The van der Waals surface area contributed by atoms with Gasteiger partial charge in [-0.1, -0.05) is 19.1 Å². The molecule has 1 aromatic carbocycles. The average molecular weight is 298 g/mol. The van der Waals surface area contributed by atoms with Crippen LogP contribution in [-0.2, 0) is 4.79 Å². The maximum atomic E-state index is 12.1. The third-order valence-electron chi connectivity index (χ3n) is 2.91. The third-order valence-corrected chi connectivity index (χ3v) is 2.91. The Morgan fingerprint density at radius 1 is 1.18 bits per heavy atom. The molecule has 0 atom stereocenters. The predicted octanol–water partition coefficient (Wildman–Crippen LogP) is 3.07. The second kappa shape index (κ2) is 7.83. The van der Waals surface area contributed by atoms with E-state index >= 15 is 0 Å². The fraction of sp³-hybridized carbons (Fsp3) is 0.176. The molecule has 5 nitrogen and oxygen atoms in total. The number of amides is 2. The lowest BCUT2D eigenvalue weighted by atomic mass is 10.1. The van der Waals surface area contributed by atoms with Crippen LogP contribution in [0, 0.1) is 0 Å². The normalized spacial score (nSPS) is 10.6. The second-order valence-corrected chi connectivity index (χ2v) is 4.64. The number of nitrogens with one attached hydrogen (secondary N) is 2. The van der Waals surface area contributed by atoms with Crippen LogP contribution in [0.5, 0.6) is 0 Å². The molecule has 0 fully saturated rings. The van der Waals surface area contributed by atoms with Gasteiger partial charge in [-0.15, -0.1) is 0 Å². The first-order chi connectivity index (χ1) is 10.7. The van der Waals surface area contributed by atoms with Crippen molar-refractivity contribution in [2.45, 2.75) is 13.3 Å². The minimum absolute atomic E-state index is 0.201. The first kappa shape index (κ1) is 15.6. The molecule has 5 heteroatoms. The Morgan fingerprint density at radius 2 is 2.00 bits per heavy atom. The Hall–Kier alpha value is -2.82. The Bertz CT molecular complexity index is 660. The van der Waals surface area contributed by atoms with Crippen molar-refractivity contribution in [3.63, 3.8) is 0 Å². The van der Waals surface area contributed by atoms with E-state index in [2.05, 4.69) is 10.6 Å². The highest BCUT2D eigenvalue weighted by molar-refractivity contribution is 6.07. The quantitative estimate of drug-likeness (QED) is 0.805. The number of hydrogen-bond acceptors (Lipinski definition) is 3. The summed E-state index contributed by atoms with van der Waals surface area (Å²) in [5.74, 6) is 0.0593. The van der Waals surface area contributed by atoms with E-state index in [1.165, 1.54) is 12.3 Å². The average Bonchev–Trinajstić information content (AvgIpc) is 3.04. The van der Waals surface area contributed by atoms with Crippen LogP contribution in [0.2, 0.25) is 0 Å². The standard InChI is InChI=1S/C17H18N2O3/c1-2-11-18-17(21)14-7-3-4-8-15(14)19-16(20)10-9-13-6-5-12-22-13/h3-10,12H,2,11H2,1H3,(H,18,21)(H,19,20)/b10-9+. The molecule has 1 aromatic heterocycles. The molecule has 0 aliphatic carbocycles. The number of hydrogen-bond donors (Lipinski definition) is 2. The van der Waals surface area contributed by atoms with Crippen molar-refractivity contribution in [2.24, 2.45) is 0 Å².